The Morgan fingerprint density at radius 2 is 2.11 bits per heavy atom. The summed E-state index contributed by atoms with van der Waals surface area (Å²) < 4.78 is 10.5. The van der Waals surface area contributed by atoms with Crippen molar-refractivity contribution in [2.45, 2.75) is 5.50 Å². The summed E-state index contributed by atoms with van der Waals surface area (Å²) in [6.45, 7) is 0. The lowest BCUT2D eigenvalue weighted by atomic mass is 10.2. The van der Waals surface area contributed by atoms with Gasteiger partial charge in [-0.2, -0.15) is 5.10 Å². The van der Waals surface area contributed by atoms with E-state index in [4.69, 9.17) is 9.15 Å². The Balaban J connectivity index is 1.94. The van der Waals surface area contributed by atoms with Crippen molar-refractivity contribution in [3.8, 4) is 5.75 Å². The number of benzene rings is 1. The molecule has 1 aromatic carbocycles. The second kappa shape index (κ2) is 4.89. The number of thiol groups is 1. The summed E-state index contributed by atoms with van der Waals surface area (Å²) in [7, 11) is 1.64. The lowest BCUT2D eigenvalue weighted by Gasteiger charge is -2.23. The zero-order valence-corrected chi connectivity index (χ0v) is 11.2. The van der Waals surface area contributed by atoms with Gasteiger partial charge in [-0.3, -0.25) is 10.3 Å². The maximum atomic E-state index is 5.39. The normalized spacial score (nSPS) is 18.1. The fourth-order valence-corrected chi connectivity index (χ4v) is 2.23. The summed E-state index contributed by atoms with van der Waals surface area (Å²) >= 11 is 4.47. The third-order valence-electron chi connectivity index (χ3n) is 2.85. The van der Waals surface area contributed by atoms with Crippen LogP contribution in [-0.2, 0) is 0 Å². The van der Waals surface area contributed by atoms with Crippen LogP contribution in [0.25, 0.3) is 0 Å². The van der Waals surface area contributed by atoms with Crippen LogP contribution in [-0.4, -0.2) is 18.4 Å². The highest BCUT2D eigenvalue weighted by atomic mass is 32.1. The second-order valence-corrected chi connectivity index (χ2v) is 4.47. The van der Waals surface area contributed by atoms with Crippen molar-refractivity contribution in [1.29, 1.82) is 0 Å². The number of nitrogens with one attached hydrogen (secondary N) is 1. The van der Waals surface area contributed by atoms with E-state index in [-0.39, 0.29) is 5.50 Å². The van der Waals surface area contributed by atoms with Gasteiger partial charge in [0.1, 0.15) is 5.75 Å². The molecule has 3 rings (SSSR count). The van der Waals surface area contributed by atoms with Crippen molar-refractivity contribution in [1.82, 2.24) is 5.43 Å². The van der Waals surface area contributed by atoms with Crippen LogP contribution in [0, 0.1) is 0 Å². The number of hydrogen-bond acceptors (Lipinski definition) is 6. The van der Waals surface area contributed by atoms with Crippen molar-refractivity contribution < 1.29 is 9.15 Å². The summed E-state index contributed by atoms with van der Waals surface area (Å²) in [4.78, 5) is 1.95. The number of ether oxygens (including phenoxy) is 1. The van der Waals surface area contributed by atoms with Gasteiger partial charge in [-0.15, -0.1) is 12.6 Å². The third kappa shape index (κ3) is 2.15. The predicted octanol–water partition coefficient (Wildman–Crippen LogP) is 2.27. The molecule has 0 bridgehead atoms. The van der Waals surface area contributed by atoms with Gasteiger partial charge in [0.25, 0.3) is 0 Å². The molecule has 1 unspecified atom stereocenters. The lowest BCUT2D eigenvalue weighted by Crippen LogP contribution is -2.36. The maximum absolute atomic E-state index is 5.39. The van der Waals surface area contributed by atoms with Crippen molar-refractivity contribution >= 4 is 24.2 Å². The second-order valence-electron chi connectivity index (χ2n) is 3.98. The van der Waals surface area contributed by atoms with Gasteiger partial charge >= 0.3 is 0 Å². The molecule has 0 spiro atoms. The van der Waals surface area contributed by atoms with E-state index in [9.17, 15) is 0 Å². The predicted molar refractivity (Wildman–Crippen MR) is 76.6 cm³/mol. The first kappa shape index (κ1) is 12.0. The van der Waals surface area contributed by atoms with Gasteiger partial charge in [0.05, 0.1) is 13.4 Å². The van der Waals surface area contributed by atoms with Gasteiger partial charge in [0, 0.05) is 5.69 Å². The van der Waals surface area contributed by atoms with Crippen molar-refractivity contribution in [3.05, 3.63) is 48.4 Å². The molecule has 5 nitrogen and oxygen atoms in total. The largest absolute Gasteiger partial charge is 0.497 e. The highest BCUT2D eigenvalue weighted by Gasteiger charge is 2.29. The highest BCUT2D eigenvalue weighted by molar-refractivity contribution is 7.81. The summed E-state index contributed by atoms with van der Waals surface area (Å²) in [6.07, 6.45) is 1.62. The molecule has 98 valence electrons. The topological polar surface area (TPSA) is 50.0 Å². The SMILES string of the molecule is COc1ccc(N2C(c3ccco3)=NNC2S)cc1. The minimum Gasteiger partial charge on any atom is -0.497 e. The highest BCUT2D eigenvalue weighted by Crippen LogP contribution is 2.26. The monoisotopic (exact) mass is 275 g/mol. The molecule has 19 heavy (non-hydrogen) atoms. The van der Waals surface area contributed by atoms with Gasteiger partial charge in [0.2, 0.25) is 0 Å². The van der Waals surface area contributed by atoms with Crippen LogP contribution < -0.4 is 15.1 Å². The number of nitrogens with zero attached hydrogens (tertiary/aromatic N) is 2. The van der Waals surface area contributed by atoms with E-state index in [2.05, 4.69) is 23.2 Å². The van der Waals surface area contributed by atoms with Gasteiger partial charge in [0.15, 0.2) is 17.1 Å². The molecule has 0 aliphatic carbocycles. The standard InChI is InChI=1S/C13H13N3O2S/c1-17-10-6-4-9(5-7-10)16-12(14-15-13(16)19)11-3-2-8-18-11/h2-8,13,15,19H,1H3. The number of hydrazone groups is 1. The average molecular weight is 275 g/mol. The van der Waals surface area contributed by atoms with Crippen LogP contribution in [0.2, 0.25) is 0 Å². The molecule has 0 fully saturated rings. The van der Waals surface area contributed by atoms with Crippen LogP contribution in [0.1, 0.15) is 5.76 Å². The first-order valence-electron chi connectivity index (χ1n) is 5.78. The van der Waals surface area contributed by atoms with E-state index < -0.39 is 0 Å². The van der Waals surface area contributed by atoms with E-state index in [0.29, 0.717) is 11.6 Å². The maximum Gasteiger partial charge on any atom is 0.198 e. The van der Waals surface area contributed by atoms with Crippen LogP contribution >= 0.6 is 12.6 Å². The van der Waals surface area contributed by atoms with Crippen molar-refractivity contribution in [2.75, 3.05) is 12.0 Å². The number of hydrogen-bond donors (Lipinski definition) is 2. The molecule has 6 heteroatoms. The Bertz CT molecular complexity index is 580. The Morgan fingerprint density at radius 3 is 2.74 bits per heavy atom. The number of anilines is 1. The minimum absolute atomic E-state index is 0.228. The molecule has 1 atom stereocenters. The van der Waals surface area contributed by atoms with Crippen LogP contribution in [0.15, 0.2) is 52.2 Å². The zero-order valence-electron chi connectivity index (χ0n) is 10.3. The minimum atomic E-state index is -0.228. The molecular formula is C13H13N3O2S. The van der Waals surface area contributed by atoms with Crippen LogP contribution in [0.3, 0.4) is 0 Å². The fraction of sp³-hybridized carbons (Fsp3) is 0.154. The molecule has 1 aliphatic heterocycles. The molecule has 2 heterocycles. The van der Waals surface area contributed by atoms with Gasteiger partial charge in [-0.25, -0.2) is 0 Å². The average Bonchev–Trinajstić information content (AvgIpc) is 3.08. The molecule has 1 aliphatic rings. The van der Waals surface area contributed by atoms with E-state index in [1.54, 1.807) is 13.4 Å². The van der Waals surface area contributed by atoms with E-state index in [1.807, 2.05) is 41.3 Å². The Hall–Kier alpha value is -2.08. The van der Waals surface area contributed by atoms with Gasteiger partial charge in [-0.05, 0) is 36.4 Å². The Kier molecular flexibility index (Phi) is 3.08. The van der Waals surface area contributed by atoms with Crippen LogP contribution in [0.5, 0.6) is 5.75 Å². The molecule has 0 radical (unpaired) electrons. The van der Waals surface area contributed by atoms with Crippen molar-refractivity contribution in [3.63, 3.8) is 0 Å². The number of methoxy groups -OCH3 is 1. The smallest absolute Gasteiger partial charge is 0.198 e. The fourth-order valence-electron chi connectivity index (χ4n) is 1.93. The summed E-state index contributed by atoms with van der Waals surface area (Å²) in [6, 6.07) is 11.4. The molecule has 0 amide bonds. The summed E-state index contributed by atoms with van der Waals surface area (Å²) in [5, 5.41) is 4.25. The van der Waals surface area contributed by atoms with Crippen LogP contribution in [0.4, 0.5) is 5.69 Å². The van der Waals surface area contributed by atoms with Crippen molar-refractivity contribution in [2.24, 2.45) is 5.10 Å². The first-order valence-corrected chi connectivity index (χ1v) is 6.29. The zero-order chi connectivity index (χ0) is 13.2. The molecule has 0 saturated heterocycles. The number of furan rings is 1. The Morgan fingerprint density at radius 1 is 1.32 bits per heavy atom. The Labute approximate surface area is 116 Å². The molecule has 1 N–H and O–H groups in total. The van der Waals surface area contributed by atoms with Gasteiger partial charge in [-0.1, -0.05) is 0 Å². The van der Waals surface area contributed by atoms with Gasteiger partial charge < -0.3 is 9.15 Å². The molecule has 2 aromatic rings. The quantitative estimate of drug-likeness (QED) is 0.844. The summed E-state index contributed by atoms with van der Waals surface area (Å²) in [5.74, 6) is 2.21. The summed E-state index contributed by atoms with van der Waals surface area (Å²) in [5.41, 5.74) is 3.65. The number of rotatable bonds is 3. The van der Waals surface area contributed by atoms with E-state index in [0.717, 1.165) is 11.4 Å². The lowest BCUT2D eigenvalue weighted by molar-refractivity contribution is 0.415. The van der Waals surface area contributed by atoms with E-state index in [1.165, 1.54) is 0 Å². The molecule has 0 saturated carbocycles. The van der Waals surface area contributed by atoms with E-state index >= 15 is 0 Å². The molecular weight excluding hydrogens is 262 g/mol. The first-order chi connectivity index (χ1) is 9.29. The third-order valence-corrected chi connectivity index (χ3v) is 3.20. The molecule has 1 aromatic heterocycles. The number of amidine groups is 1.